The number of aliphatic hydroxyl groups is 1. The highest BCUT2D eigenvalue weighted by atomic mass is 16.5. The Balaban J connectivity index is 2.14. The van der Waals surface area contributed by atoms with Crippen molar-refractivity contribution in [2.45, 2.75) is 51.2 Å². The van der Waals surface area contributed by atoms with Crippen LogP contribution in [0.3, 0.4) is 0 Å². The van der Waals surface area contributed by atoms with Crippen molar-refractivity contribution in [2.24, 2.45) is 0 Å². The number of rotatable bonds is 4. The standard InChI is InChI=1S/C15H22O2/c1-11-6-4-7-13(12(11)2)14(16)10-15(17-3)8-5-9-15/h4,6-7,14,16H,5,8-10H2,1-3H3. The second-order valence-corrected chi connectivity index (χ2v) is 5.25. The van der Waals surface area contributed by atoms with E-state index in [0.29, 0.717) is 6.42 Å². The molecule has 0 radical (unpaired) electrons. The fraction of sp³-hybridized carbons (Fsp3) is 0.600. The van der Waals surface area contributed by atoms with Gasteiger partial charge >= 0.3 is 0 Å². The number of hydrogen-bond acceptors (Lipinski definition) is 2. The van der Waals surface area contributed by atoms with Crippen LogP contribution >= 0.6 is 0 Å². The average molecular weight is 234 g/mol. The molecule has 2 rings (SSSR count). The summed E-state index contributed by atoms with van der Waals surface area (Å²) in [6.45, 7) is 4.16. The van der Waals surface area contributed by atoms with E-state index in [0.717, 1.165) is 18.4 Å². The lowest BCUT2D eigenvalue weighted by Crippen LogP contribution is -2.40. The first kappa shape index (κ1) is 12.6. The maximum atomic E-state index is 10.4. The van der Waals surface area contributed by atoms with E-state index in [1.807, 2.05) is 12.1 Å². The van der Waals surface area contributed by atoms with Crippen molar-refractivity contribution < 1.29 is 9.84 Å². The molecule has 1 aliphatic carbocycles. The number of methoxy groups -OCH3 is 1. The third-order valence-electron chi connectivity index (χ3n) is 4.27. The van der Waals surface area contributed by atoms with Gasteiger partial charge in [0, 0.05) is 13.5 Å². The lowest BCUT2D eigenvalue weighted by atomic mass is 9.75. The molecule has 0 bridgehead atoms. The first-order chi connectivity index (χ1) is 8.08. The number of ether oxygens (including phenoxy) is 1. The van der Waals surface area contributed by atoms with Gasteiger partial charge in [0.15, 0.2) is 0 Å². The second-order valence-electron chi connectivity index (χ2n) is 5.25. The number of aryl methyl sites for hydroxylation is 1. The Kier molecular flexibility index (Phi) is 3.55. The Morgan fingerprint density at radius 1 is 1.35 bits per heavy atom. The molecule has 1 fully saturated rings. The van der Waals surface area contributed by atoms with Gasteiger partial charge in [-0.25, -0.2) is 0 Å². The molecule has 0 heterocycles. The van der Waals surface area contributed by atoms with Gasteiger partial charge in [-0.3, -0.25) is 0 Å². The molecule has 1 aromatic carbocycles. The van der Waals surface area contributed by atoms with E-state index in [2.05, 4.69) is 19.9 Å². The average Bonchev–Trinajstić information content (AvgIpc) is 2.27. The molecule has 2 nitrogen and oxygen atoms in total. The molecule has 1 atom stereocenters. The molecule has 17 heavy (non-hydrogen) atoms. The van der Waals surface area contributed by atoms with Crippen molar-refractivity contribution in [2.75, 3.05) is 7.11 Å². The zero-order valence-corrected chi connectivity index (χ0v) is 11.0. The zero-order valence-electron chi connectivity index (χ0n) is 11.0. The van der Waals surface area contributed by atoms with Gasteiger partial charge in [0.1, 0.15) is 0 Å². The molecule has 2 heteroatoms. The van der Waals surface area contributed by atoms with Crippen LogP contribution < -0.4 is 0 Å². The van der Waals surface area contributed by atoms with Gasteiger partial charge in [-0.05, 0) is 49.8 Å². The van der Waals surface area contributed by atoms with Crippen molar-refractivity contribution in [3.8, 4) is 0 Å². The summed E-state index contributed by atoms with van der Waals surface area (Å²) in [6, 6.07) is 6.12. The van der Waals surface area contributed by atoms with E-state index in [1.54, 1.807) is 7.11 Å². The molecular formula is C15H22O2. The molecule has 1 unspecified atom stereocenters. The summed E-state index contributed by atoms with van der Waals surface area (Å²) < 4.78 is 5.58. The third kappa shape index (κ3) is 2.38. The van der Waals surface area contributed by atoms with E-state index in [-0.39, 0.29) is 5.60 Å². The largest absolute Gasteiger partial charge is 0.388 e. The van der Waals surface area contributed by atoms with Crippen LogP contribution in [0.15, 0.2) is 18.2 Å². The van der Waals surface area contributed by atoms with Crippen LogP contribution in [0.2, 0.25) is 0 Å². The van der Waals surface area contributed by atoms with E-state index in [4.69, 9.17) is 4.74 Å². The van der Waals surface area contributed by atoms with Gasteiger partial charge in [-0.15, -0.1) is 0 Å². The van der Waals surface area contributed by atoms with Gasteiger partial charge in [0.05, 0.1) is 11.7 Å². The van der Waals surface area contributed by atoms with Crippen LogP contribution in [0, 0.1) is 13.8 Å². The minimum atomic E-state index is -0.407. The van der Waals surface area contributed by atoms with Crippen LogP contribution in [0.25, 0.3) is 0 Å². The molecule has 0 amide bonds. The summed E-state index contributed by atoms with van der Waals surface area (Å²) in [7, 11) is 1.76. The monoisotopic (exact) mass is 234 g/mol. The third-order valence-corrected chi connectivity index (χ3v) is 4.27. The summed E-state index contributed by atoms with van der Waals surface area (Å²) in [4.78, 5) is 0. The molecule has 1 aromatic rings. The topological polar surface area (TPSA) is 29.5 Å². The highest BCUT2D eigenvalue weighted by Gasteiger charge is 2.39. The van der Waals surface area contributed by atoms with E-state index in [9.17, 15) is 5.11 Å². The quantitative estimate of drug-likeness (QED) is 0.866. The lowest BCUT2D eigenvalue weighted by Gasteiger charge is -2.42. The molecule has 0 spiro atoms. The number of aliphatic hydroxyl groups excluding tert-OH is 1. The van der Waals surface area contributed by atoms with E-state index >= 15 is 0 Å². The molecule has 1 aliphatic rings. The van der Waals surface area contributed by atoms with Crippen LogP contribution in [0.1, 0.15) is 48.5 Å². The highest BCUT2D eigenvalue weighted by Crippen LogP contribution is 2.42. The predicted molar refractivity (Wildman–Crippen MR) is 69.1 cm³/mol. The van der Waals surface area contributed by atoms with Gasteiger partial charge < -0.3 is 9.84 Å². The van der Waals surface area contributed by atoms with Crippen molar-refractivity contribution in [3.63, 3.8) is 0 Å². The first-order valence-corrected chi connectivity index (χ1v) is 6.37. The van der Waals surface area contributed by atoms with E-state index < -0.39 is 6.10 Å². The Bertz CT molecular complexity index is 388. The Hall–Kier alpha value is -0.860. The summed E-state index contributed by atoms with van der Waals surface area (Å²) in [5.74, 6) is 0. The minimum Gasteiger partial charge on any atom is -0.388 e. The van der Waals surface area contributed by atoms with Crippen LogP contribution in [0.5, 0.6) is 0 Å². The van der Waals surface area contributed by atoms with Gasteiger partial charge in [0.2, 0.25) is 0 Å². The molecule has 94 valence electrons. The lowest BCUT2D eigenvalue weighted by molar-refractivity contribution is -0.0999. The van der Waals surface area contributed by atoms with Crippen LogP contribution in [-0.2, 0) is 4.74 Å². The highest BCUT2D eigenvalue weighted by molar-refractivity contribution is 5.34. The van der Waals surface area contributed by atoms with Gasteiger partial charge in [-0.2, -0.15) is 0 Å². The van der Waals surface area contributed by atoms with Crippen LogP contribution in [0.4, 0.5) is 0 Å². The van der Waals surface area contributed by atoms with Gasteiger partial charge in [-0.1, -0.05) is 18.2 Å². The maximum Gasteiger partial charge on any atom is 0.0820 e. The normalized spacial score (nSPS) is 19.8. The van der Waals surface area contributed by atoms with Crippen molar-refractivity contribution in [3.05, 3.63) is 34.9 Å². The SMILES string of the molecule is COC1(CC(O)c2cccc(C)c2C)CCC1. The summed E-state index contributed by atoms with van der Waals surface area (Å²) >= 11 is 0. The number of benzene rings is 1. The predicted octanol–water partition coefficient (Wildman–Crippen LogP) is 3.30. The van der Waals surface area contributed by atoms with Crippen molar-refractivity contribution in [1.82, 2.24) is 0 Å². The molecule has 1 N–H and O–H groups in total. The maximum absolute atomic E-state index is 10.4. The number of hydrogen-bond donors (Lipinski definition) is 1. The molecule has 0 aliphatic heterocycles. The Morgan fingerprint density at radius 3 is 2.59 bits per heavy atom. The molecule has 0 saturated heterocycles. The Labute approximate surface area is 104 Å². The van der Waals surface area contributed by atoms with E-state index in [1.165, 1.54) is 17.5 Å². The van der Waals surface area contributed by atoms with Crippen molar-refractivity contribution in [1.29, 1.82) is 0 Å². The fourth-order valence-electron chi connectivity index (χ4n) is 2.66. The summed E-state index contributed by atoms with van der Waals surface area (Å²) in [5.41, 5.74) is 3.41. The molecular weight excluding hydrogens is 212 g/mol. The van der Waals surface area contributed by atoms with Gasteiger partial charge in [0.25, 0.3) is 0 Å². The van der Waals surface area contributed by atoms with Crippen LogP contribution in [-0.4, -0.2) is 17.8 Å². The summed E-state index contributed by atoms with van der Waals surface area (Å²) in [6.07, 6.45) is 3.67. The smallest absolute Gasteiger partial charge is 0.0820 e. The summed E-state index contributed by atoms with van der Waals surface area (Å²) in [5, 5.41) is 10.4. The molecule has 1 saturated carbocycles. The fourth-order valence-corrected chi connectivity index (χ4v) is 2.66. The minimum absolute atomic E-state index is 0.0738. The molecule has 0 aromatic heterocycles. The van der Waals surface area contributed by atoms with Crippen molar-refractivity contribution >= 4 is 0 Å². The first-order valence-electron chi connectivity index (χ1n) is 6.37. The second kappa shape index (κ2) is 4.79. The zero-order chi connectivity index (χ0) is 12.5. The Morgan fingerprint density at radius 2 is 2.06 bits per heavy atom.